The van der Waals surface area contributed by atoms with Crippen LogP contribution < -0.4 is 0 Å². The molecular weight excluding hydrogens is 180 g/mol. The number of hydrogen-bond donors (Lipinski definition) is 1. The lowest BCUT2D eigenvalue weighted by molar-refractivity contribution is -0.149. The van der Waals surface area contributed by atoms with E-state index >= 15 is 0 Å². The Bertz CT molecular complexity index is 213. The molecule has 0 aromatic carbocycles. The Morgan fingerprint density at radius 1 is 1.29 bits per heavy atom. The van der Waals surface area contributed by atoms with Crippen molar-refractivity contribution in [2.24, 2.45) is 11.3 Å². The van der Waals surface area contributed by atoms with Gasteiger partial charge in [0.15, 0.2) is 5.78 Å². The molecule has 0 heterocycles. The normalized spacial score (nSPS) is 13.7. The lowest BCUT2D eigenvalue weighted by Crippen LogP contribution is -2.33. The first-order valence-corrected chi connectivity index (χ1v) is 5.07. The quantitative estimate of drug-likeness (QED) is 0.694. The second-order valence-corrected chi connectivity index (χ2v) is 4.65. The summed E-state index contributed by atoms with van der Waals surface area (Å²) in [5.41, 5.74) is -0.559. The molecule has 0 aliphatic carbocycles. The van der Waals surface area contributed by atoms with Crippen LogP contribution in [0.3, 0.4) is 0 Å². The van der Waals surface area contributed by atoms with Gasteiger partial charge in [-0.3, -0.25) is 9.59 Å². The first-order valence-electron chi connectivity index (χ1n) is 5.07. The Morgan fingerprint density at radius 3 is 2.07 bits per heavy atom. The van der Waals surface area contributed by atoms with Gasteiger partial charge in [-0.1, -0.05) is 40.5 Å². The maximum Gasteiger partial charge on any atom is 0.314 e. The zero-order chi connectivity index (χ0) is 11.4. The highest BCUT2D eigenvalue weighted by molar-refractivity contribution is 6.00. The fourth-order valence-electron chi connectivity index (χ4n) is 1.30. The standard InChI is InChI=1S/C11H20O3/c1-5-6-7-8(10(13)14)9(12)11(2,3)4/h8H,5-7H2,1-4H3,(H,13,14). The first kappa shape index (κ1) is 13.1. The number of ketones is 1. The summed E-state index contributed by atoms with van der Waals surface area (Å²) in [6, 6.07) is 0. The van der Waals surface area contributed by atoms with E-state index in [1.54, 1.807) is 20.8 Å². The van der Waals surface area contributed by atoms with Crippen molar-refractivity contribution in [3.05, 3.63) is 0 Å². The van der Waals surface area contributed by atoms with E-state index < -0.39 is 17.3 Å². The van der Waals surface area contributed by atoms with Gasteiger partial charge in [0.1, 0.15) is 5.92 Å². The second-order valence-electron chi connectivity index (χ2n) is 4.65. The summed E-state index contributed by atoms with van der Waals surface area (Å²) in [7, 11) is 0. The minimum atomic E-state index is -0.988. The Kier molecular flexibility index (Phi) is 4.81. The Balaban J connectivity index is 4.50. The van der Waals surface area contributed by atoms with Gasteiger partial charge in [-0.15, -0.1) is 0 Å². The predicted octanol–water partition coefficient (Wildman–Crippen LogP) is 2.49. The molecule has 0 fully saturated rings. The molecule has 0 rings (SSSR count). The van der Waals surface area contributed by atoms with Crippen molar-refractivity contribution < 1.29 is 14.7 Å². The maximum absolute atomic E-state index is 11.7. The number of carbonyl (C=O) groups excluding carboxylic acids is 1. The number of rotatable bonds is 5. The van der Waals surface area contributed by atoms with Crippen LogP contribution in [0.15, 0.2) is 0 Å². The summed E-state index contributed by atoms with van der Waals surface area (Å²) in [6.07, 6.45) is 2.17. The van der Waals surface area contributed by atoms with Crippen LogP contribution in [0.1, 0.15) is 47.0 Å². The number of hydrogen-bond acceptors (Lipinski definition) is 2. The van der Waals surface area contributed by atoms with Gasteiger partial charge in [0.05, 0.1) is 0 Å². The molecule has 0 spiro atoms. The van der Waals surface area contributed by atoms with Gasteiger partial charge in [0, 0.05) is 5.41 Å². The summed E-state index contributed by atoms with van der Waals surface area (Å²) < 4.78 is 0. The number of carbonyl (C=O) groups is 2. The van der Waals surface area contributed by atoms with E-state index in [0.29, 0.717) is 6.42 Å². The van der Waals surface area contributed by atoms with Gasteiger partial charge in [-0.25, -0.2) is 0 Å². The number of carboxylic acid groups (broad SMARTS) is 1. The van der Waals surface area contributed by atoms with Crippen molar-refractivity contribution in [2.45, 2.75) is 47.0 Å². The van der Waals surface area contributed by atoms with E-state index in [0.717, 1.165) is 12.8 Å². The molecule has 0 aromatic heterocycles. The summed E-state index contributed by atoms with van der Waals surface area (Å²) in [6.45, 7) is 7.27. The van der Waals surface area contributed by atoms with E-state index in [1.807, 2.05) is 6.92 Å². The lowest BCUT2D eigenvalue weighted by Gasteiger charge is -2.21. The lowest BCUT2D eigenvalue weighted by atomic mass is 9.81. The molecular formula is C11H20O3. The van der Waals surface area contributed by atoms with Gasteiger partial charge in [-0.05, 0) is 6.42 Å². The third-order valence-electron chi connectivity index (χ3n) is 2.20. The second kappa shape index (κ2) is 5.13. The van der Waals surface area contributed by atoms with Crippen LogP contribution >= 0.6 is 0 Å². The van der Waals surface area contributed by atoms with Gasteiger partial charge in [-0.2, -0.15) is 0 Å². The SMILES string of the molecule is CCCCC(C(=O)O)C(=O)C(C)(C)C. The first-order chi connectivity index (χ1) is 6.30. The molecule has 14 heavy (non-hydrogen) atoms. The smallest absolute Gasteiger partial charge is 0.314 e. The minimum absolute atomic E-state index is 0.168. The van der Waals surface area contributed by atoms with Gasteiger partial charge < -0.3 is 5.11 Å². The largest absolute Gasteiger partial charge is 0.481 e. The molecule has 0 saturated heterocycles. The van der Waals surface area contributed by atoms with Crippen LogP contribution in [0, 0.1) is 11.3 Å². The van der Waals surface area contributed by atoms with Crippen LogP contribution in [0.25, 0.3) is 0 Å². The average Bonchev–Trinajstić information content (AvgIpc) is 2.02. The molecule has 0 aliphatic heterocycles. The topological polar surface area (TPSA) is 54.4 Å². The molecule has 0 bridgehead atoms. The fourth-order valence-corrected chi connectivity index (χ4v) is 1.30. The number of carboxylic acids is 1. The van der Waals surface area contributed by atoms with Crippen LogP contribution in [0.4, 0.5) is 0 Å². The van der Waals surface area contributed by atoms with Crippen molar-refractivity contribution in [2.75, 3.05) is 0 Å². The van der Waals surface area contributed by atoms with Crippen molar-refractivity contribution >= 4 is 11.8 Å². The van der Waals surface area contributed by atoms with E-state index in [9.17, 15) is 9.59 Å². The summed E-state index contributed by atoms with van der Waals surface area (Å²) in [5.74, 6) is -1.98. The molecule has 3 nitrogen and oxygen atoms in total. The van der Waals surface area contributed by atoms with Crippen LogP contribution in [-0.2, 0) is 9.59 Å². The highest BCUT2D eigenvalue weighted by Crippen LogP contribution is 2.23. The Labute approximate surface area is 85.5 Å². The van der Waals surface area contributed by atoms with Crippen molar-refractivity contribution in [1.82, 2.24) is 0 Å². The molecule has 0 aromatic rings. The van der Waals surface area contributed by atoms with Crippen LogP contribution in [-0.4, -0.2) is 16.9 Å². The third-order valence-corrected chi connectivity index (χ3v) is 2.20. The van der Waals surface area contributed by atoms with Crippen LogP contribution in [0.2, 0.25) is 0 Å². The highest BCUT2D eigenvalue weighted by Gasteiger charge is 2.33. The van der Waals surface area contributed by atoms with E-state index in [1.165, 1.54) is 0 Å². The molecule has 0 saturated carbocycles. The minimum Gasteiger partial charge on any atom is -0.481 e. The molecule has 0 radical (unpaired) electrons. The zero-order valence-corrected chi connectivity index (χ0v) is 9.46. The van der Waals surface area contributed by atoms with Gasteiger partial charge in [0.25, 0.3) is 0 Å². The average molecular weight is 200 g/mol. The molecule has 0 aliphatic rings. The van der Waals surface area contributed by atoms with Crippen molar-refractivity contribution in [3.8, 4) is 0 Å². The highest BCUT2D eigenvalue weighted by atomic mass is 16.4. The molecule has 1 atom stereocenters. The van der Waals surface area contributed by atoms with Gasteiger partial charge in [0.2, 0.25) is 0 Å². The summed E-state index contributed by atoms with van der Waals surface area (Å²) in [5, 5.41) is 8.91. The summed E-state index contributed by atoms with van der Waals surface area (Å²) in [4.78, 5) is 22.6. The van der Waals surface area contributed by atoms with Gasteiger partial charge >= 0.3 is 5.97 Å². The van der Waals surface area contributed by atoms with E-state index in [4.69, 9.17) is 5.11 Å². The van der Waals surface area contributed by atoms with Crippen molar-refractivity contribution in [3.63, 3.8) is 0 Å². The number of Topliss-reactive ketones (excluding diaryl/α,β-unsaturated/α-hetero) is 1. The summed E-state index contributed by atoms with van der Waals surface area (Å²) >= 11 is 0. The van der Waals surface area contributed by atoms with E-state index in [2.05, 4.69) is 0 Å². The molecule has 1 N–H and O–H groups in total. The molecule has 0 amide bonds. The molecule has 3 heteroatoms. The van der Waals surface area contributed by atoms with Crippen molar-refractivity contribution in [1.29, 1.82) is 0 Å². The third kappa shape index (κ3) is 3.90. The molecule has 82 valence electrons. The Hall–Kier alpha value is -0.860. The van der Waals surface area contributed by atoms with Crippen LogP contribution in [0.5, 0.6) is 0 Å². The monoisotopic (exact) mass is 200 g/mol. The number of unbranched alkanes of at least 4 members (excludes halogenated alkanes) is 1. The molecule has 1 unspecified atom stereocenters. The Morgan fingerprint density at radius 2 is 1.79 bits per heavy atom. The fraction of sp³-hybridized carbons (Fsp3) is 0.818. The number of aliphatic carboxylic acids is 1. The van der Waals surface area contributed by atoms with E-state index in [-0.39, 0.29) is 5.78 Å². The zero-order valence-electron chi connectivity index (χ0n) is 9.46. The maximum atomic E-state index is 11.7. The predicted molar refractivity (Wildman–Crippen MR) is 55.1 cm³/mol.